The molecule has 5 rings (SSSR count). The molecule has 28 heavy (non-hydrogen) atoms. The second kappa shape index (κ2) is 6.06. The minimum Gasteiger partial charge on any atom is -0.422 e. The van der Waals surface area contributed by atoms with E-state index in [-0.39, 0.29) is 11.8 Å². The lowest BCUT2D eigenvalue weighted by Gasteiger charge is -2.24. The van der Waals surface area contributed by atoms with Gasteiger partial charge in [-0.25, -0.2) is 0 Å². The van der Waals surface area contributed by atoms with Gasteiger partial charge in [-0.15, -0.1) is 0 Å². The summed E-state index contributed by atoms with van der Waals surface area (Å²) in [4.78, 5) is 16.9. The number of amides is 1. The van der Waals surface area contributed by atoms with Gasteiger partial charge in [0.1, 0.15) is 11.3 Å². The highest BCUT2D eigenvalue weighted by molar-refractivity contribution is 5.95. The van der Waals surface area contributed by atoms with Crippen LogP contribution in [-0.4, -0.2) is 20.7 Å². The average molecular weight is 369 g/mol. The zero-order chi connectivity index (χ0) is 19.3. The second-order valence-corrected chi connectivity index (χ2v) is 6.76. The predicted octanol–water partition coefficient (Wildman–Crippen LogP) is 3.67. The van der Waals surface area contributed by atoms with Gasteiger partial charge >= 0.3 is 6.01 Å². The van der Waals surface area contributed by atoms with Crippen LogP contribution in [0.3, 0.4) is 0 Å². The van der Waals surface area contributed by atoms with E-state index in [1.807, 2.05) is 43.3 Å². The smallest absolute Gasteiger partial charge is 0.325 e. The number of aryl methyl sites for hydroxylation is 1. The number of fused-ring (bicyclic) bond motifs is 2. The van der Waals surface area contributed by atoms with E-state index in [4.69, 9.17) is 9.68 Å². The Labute approximate surface area is 160 Å². The fraction of sp³-hybridized carbons (Fsp3) is 0.143. The topological polar surface area (TPSA) is 96.7 Å². The molecule has 0 radical (unpaired) electrons. The van der Waals surface area contributed by atoms with Crippen molar-refractivity contribution in [2.45, 2.75) is 19.3 Å². The van der Waals surface area contributed by atoms with Crippen molar-refractivity contribution in [2.24, 2.45) is 0 Å². The maximum atomic E-state index is 12.4. The molecule has 4 aromatic rings. The van der Waals surface area contributed by atoms with Gasteiger partial charge in [-0.05, 0) is 36.8 Å². The quantitative estimate of drug-likeness (QED) is 0.581. The monoisotopic (exact) mass is 369 g/mol. The van der Waals surface area contributed by atoms with E-state index in [1.165, 1.54) is 0 Å². The summed E-state index contributed by atoms with van der Waals surface area (Å²) in [5, 5.41) is 16.5. The molecule has 1 atom stereocenters. The summed E-state index contributed by atoms with van der Waals surface area (Å²) in [6.45, 7) is 1.91. The number of hydrogen-bond donors (Lipinski definition) is 1. The number of nitrogens with zero attached hydrogens (tertiary/aromatic N) is 4. The molecular weight excluding hydrogens is 354 g/mol. The predicted molar refractivity (Wildman–Crippen MR) is 102 cm³/mol. The number of oxazole rings is 1. The maximum absolute atomic E-state index is 12.4. The molecular formula is C21H15N5O2. The number of carbonyl (C=O) groups excluding carboxylic acids is 1. The zero-order valence-electron chi connectivity index (χ0n) is 15.0. The first kappa shape index (κ1) is 16.3. The third-order valence-corrected chi connectivity index (χ3v) is 5.01. The SMILES string of the molecule is Cc1nn(-c2nc3ccccc3o2)c2c1[C@@H](c1ccc(C#N)cc1)CC(=O)N2. The molecule has 0 aliphatic carbocycles. The van der Waals surface area contributed by atoms with Gasteiger partial charge in [-0.1, -0.05) is 24.3 Å². The molecule has 2 aromatic heterocycles. The van der Waals surface area contributed by atoms with Crippen LogP contribution in [0.15, 0.2) is 52.9 Å². The van der Waals surface area contributed by atoms with Gasteiger partial charge in [0.05, 0.1) is 17.3 Å². The van der Waals surface area contributed by atoms with Gasteiger partial charge < -0.3 is 9.73 Å². The standard InChI is InChI=1S/C21H15N5O2/c1-12-19-15(14-8-6-13(11-22)7-9-14)10-18(27)24-20(19)26(25-12)21-23-16-4-2-3-5-17(16)28-21/h2-9,15H,10H2,1H3,(H,24,27)/t15-/m1/s1. The number of carbonyl (C=O) groups is 1. The van der Waals surface area contributed by atoms with Crippen molar-refractivity contribution in [3.8, 4) is 12.1 Å². The van der Waals surface area contributed by atoms with Crippen LogP contribution in [0, 0.1) is 18.3 Å². The number of para-hydroxylation sites is 2. The summed E-state index contributed by atoms with van der Waals surface area (Å²) < 4.78 is 7.40. The molecule has 0 saturated heterocycles. The third-order valence-electron chi connectivity index (χ3n) is 5.01. The molecule has 7 nitrogen and oxygen atoms in total. The summed E-state index contributed by atoms with van der Waals surface area (Å²) in [6, 6.07) is 17.2. The number of aromatic nitrogens is 3. The number of hydrogen-bond acceptors (Lipinski definition) is 5. The first-order chi connectivity index (χ1) is 13.6. The van der Waals surface area contributed by atoms with E-state index in [0.717, 1.165) is 22.3 Å². The Bertz CT molecular complexity index is 1230. The van der Waals surface area contributed by atoms with Crippen LogP contribution in [0.25, 0.3) is 17.1 Å². The van der Waals surface area contributed by atoms with Crippen molar-refractivity contribution in [2.75, 3.05) is 5.32 Å². The Hall–Kier alpha value is -3.92. The van der Waals surface area contributed by atoms with Gasteiger partial charge in [-0.2, -0.15) is 20.0 Å². The lowest BCUT2D eigenvalue weighted by atomic mass is 9.85. The van der Waals surface area contributed by atoms with Crippen molar-refractivity contribution in [1.82, 2.24) is 14.8 Å². The Morgan fingerprint density at radius 3 is 2.75 bits per heavy atom. The Balaban J connectivity index is 1.65. The Morgan fingerprint density at radius 2 is 2.00 bits per heavy atom. The molecule has 3 heterocycles. The lowest BCUT2D eigenvalue weighted by Crippen LogP contribution is -2.25. The van der Waals surface area contributed by atoms with Crippen LogP contribution in [0.4, 0.5) is 5.82 Å². The van der Waals surface area contributed by atoms with Crippen LogP contribution in [0.2, 0.25) is 0 Å². The van der Waals surface area contributed by atoms with Crippen molar-refractivity contribution in [3.63, 3.8) is 0 Å². The second-order valence-electron chi connectivity index (χ2n) is 6.76. The molecule has 7 heteroatoms. The molecule has 1 N–H and O–H groups in total. The van der Waals surface area contributed by atoms with Gasteiger partial charge in [-0.3, -0.25) is 4.79 Å². The van der Waals surface area contributed by atoms with Crippen LogP contribution in [-0.2, 0) is 4.79 Å². The summed E-state index contributed by atoms with van der Waals surface area (Å²) >= 11 is 0. The number of rotatable bonds is 2. The fourth-order valence-electron chi connectivity index (χ4n) is 3.71. The van der Waals surface area contributed by atoms with Crippen LogP contribution >= 0.6 is 0 Å². The molecule has 0 unspecified atom stereocenters. The highest BCUT2D eigenvalue weighted by Crippen LogP contribution is 2.40. The van der Waals surface area contributed by atoms with Crippen molar-refractivity contribution in [3.05, 3.63) is 70.9 Å². The Kier molecular flexibility index (Phi) is 3.52. The van der Waals surface area contributed by atoms with Crippen LogP contribution < -0.4 is 5.32 Å². The number of anilines is 1. The minimum absolute atomic E-state index is 0.0980. The minimum atomic E-state index is -0.144. The molecule has 1 amide bonds. The number of nitriles is 1. The summed E-state index contributed by atoms with van der Waals surface area (Å²) in [5.74, 6) is 0.336. The molecule has 1 aliphatic heterocycles. The van der Waals surface area contributed by atoms with Crippen molar-refractivity contribution in [1.29, 1.82) is 5.26 Å². The summed E-state index contributed by atoms with van der Waals surface area (Å²) in [5.41, 5.74) is 4.67. The first-order valence-electron chi connectivity index (χ1n) is 8.89. The van der Waals surface area contributed by atoms with E-state index in [1.54, 1.807) is 16.8 Å². The summed E-state index contributed by atoms with van der Waals surface area (Å²) in [6.07, 6.45) is 0.318. The molecule has 1 aliphatic rings. The van der Waals surface area contributed by atoms with E-state index in [0.29, 0.717) is 29.4 Å². The number of benzene rings is 2. The molecule has 0 spiro atoms. The maximum Gasteiger partial charge on any atom is 0.325 e. The molecule has 0 fully saturated rings. The molecule has 0 saturated carbocycles. The Morgan fingerprint density at radius 1 is 1.21 bits per heavy atom. The highest BCUT2D eigenvalue weighted by Gasteiger charge is 2.33. The van der Waals surface area contributed by atoms with E-state index >= 15 is 0 Å². The number of nitrogens with one attached hydrogen (secondary N) is 1. The molecule has 136 valence electrons. The average Bonchev–Trinajstić information content (AvgIpc) is 3.28. The highest BCUT2D eigenvalue weighted by atomic mass is 16.4. The van der Waals surface area contributed by atoms with Gasteiger partial charge in [0.15, 0.2) is 5.58 Å². The van der Waals surface area contributed by atoms with Gasteiger partial charge in [0, 0.05) is 17.9 Å². The third kappa shape index (κ3) is 2.47. The van der Waals surface area contributed by atoms with E-state index < -0.39 is 0 Å². The van der Waals surface area contributed by atoms with E-state index in [2.05, 4.69) is 21.5 Å². The van der Waals surface area contributed by atoms with Gasteiger partial charge in [0.2, 0.25) is 5.91 Å². The van der Waals surface area contributed by atoms with Crippen molar-refractivity contribution >= 4 is 22.8 Å². The first-order valence-corrected chi connectivity index (χ1v) is 8.89. The largest absolute Gasteiger partial charge is 0.422 e. The molecule has 0 bridgehead atoms. The summed E-state index contributed by atoms with van der Waals surface area (Å²) in [7, 11) is 0. The molecule has 2 aromatic carbocycles. The van der Waals surface area contributed by atoms with Crippen LogP contribution in [0.5, 0.6) is 0 Å². The fourth-order valence-corrected chi connectivity index (χ4v) is 3.71. The zero-order valence-corrected chi connectivity index (χ0v) is 15.0. The van der Waals surface area contributed by atoms with Crippen LogP contribution in [0.1, 0.15) is 34.7 Å². The lowest BCUT2D eigenvalue weighted by molar-refractivity contribution is -0.116. The normalized spacial score (nSPS) is 15.9. The van der Waals surface area contributed by atoms with Crippen molar-refractivity contribution < 1.29 is 9.21 Å². The van der Waals surface area contributed by atoms with Gasteiger partial charge in [0.25, 0.3) is 0 Å². The van der Waals surface area contributed by atoms with E-state index in [9.17, 15) is 4.79 Å².